The zero-order valence-electron chi connectivity index (χ0n) is 8.05. The molecule has 0 saturated carbocycles. The Kier molecular flexibility index (Phi) is 2.86. The van der Waals surface area contributed by atoms with E-state index in [1.807, 2.05) is 4.90 Å². The predicted octanol–water partition coefficient (Wildman–Crippen LogP) is 2.85. The van der Waals surface area contributed by atoms with Crippen LogP contribution in [0.25, 0.3) is 0 Å². The van der Waals surface area contributed by atoms with Crippen molar-refractivity contribution >= 4 is 16.5 Å². The van der Waals surface area contributed by atoms with E-state index < -0.39 is 12.6 Å². The van der Waals surface area contributed by atoms with Gasteiger partial charge in [-0.05, 0) is 12.8 Å². The van der Waals surface area contributed by atoms with Crippen LogP contribution in [0.5, 0.6) is 0 Å². The molecule has 2 rings (SSSR count). The molecule has 15 heavy (non-hydrogen) atoms. The van der Waals surface area contributed by atoms with Crippen molar-refractivity contribution in [3.8, 4) is 0 Å². The number of anilines is 1. The molecule has 84 valence electrons. The van der Waals surface area contributed by atoms with E-state index >= 15 is 0 Å². The van der Waals surface area contributed by atoms with E-state index in [2.05, 4.69) is 4.98 Å². The van der Waals surface area contributed by atoms with Gasteiger partial charge < -0.3 is 4.90 Å². The van der Waals surface area contributed by atoms with Gasteiger partial charge in [0, 0.05) is 18.5 Å². The minimum absolute atomic E-state index is 0.134. The van der Waals surface area contributed by atoms with E-state index in [0.29, 0.717) is 0 Å². The summed E-state index contributed by atoms with van der Waals surface area (Å²) in [5.74, 6) is 0. The molecule has 0 atom stereocenters. The molecule has 0 unspecified atom stereocenters. The summed E-state index contributed by atoms with van der Waals surface area (Å²) in [6.45, 7) is 1.83. The fraction of sp³-hybridized carbons (Fsp3) is 0.667. The number of rotatable bonds is 2. The van der Waals surface area contributed by atoms with Gasteiger partial charge >= 0.3 is 6.18 Å². The fourth-order valence-electron chi connectivity index (χ4n) is 1.64. The molecule has 1 aromatic rings. The van der Waals surface area contributed by atoms with Crippen LogP contribution in [0.1, 0.15) is 18.5 Å². The number of hydrogen-bond donors (Lipinski definition) is 0. The Labute approximate surface area is 89.7 Å². The molecule has 1 fully saturated rings. The summed E-state index contributed by atoms with van der Waals surface area (Å²) in [6.07, 6.45) is -2.87. The lowest BCUT2D eigenvalue weighted by molar-refractivity contribution is -0.127. The van der Waals surface area contributed by atoms with E-state index in [1.54, 1.807) is 0 Å². The highest BCUT2D eigenvalue weighted by Gasteiger charge is 2.29. The highest BCUT2D eigenvalue weighted by Crippen LogP contribution is 2.27. The predicted molar refractivity (Wildman–Crippen MR) is 53.3 cm³/mol. The normalized spacial score (nSPS) is 17.4. The summed E-state index contributed by atoms with van der Waals surface area (Å²) in [5.41, 5.74) is 0.134. The Balaban J connectivity index is 2.03. The Morgan fingerprint density at radius 2 is 2.00 bits per heavy atom. The molecule has 0 aromatic carbocycles. The second kappa shape index (κ2) is 4.00. The molecule has 0 radical (unpaired) electrons. The minimum atomic E-state index is -4.16. The monoisotopic (exact) mass is 236 g/mol. The summed E-state index contributed by atoms with van der Waals surface area (Å²) < 4.78 is 36.2. The summed E-state index contributed by atoms with van der Waals surface area (Å²) in [4.78, 5) is 6.05. The first-order valence-electron chi connectivity index (χ1n) is 4.81. The molecule has 1 saturated heterocycles. The molecule has 2 nitrogen and oxygen atoms in total. The molecule has 1 aliphatic rings. The molecule has 0 spiro atoms. The maximum atomic E-state index is 12.1. The third-order valence-electron chi connectivity index (χ3n) is 2.30. The van der Waals surface area contributed by atoms with Gasteiger partial charge in [0.05, 0.1) is 12.1 Å². The van der Waals surface area contributed by atoms with Gasteiger partial charge in [0.25, 0.3) is 0 Å². The average Bonchev–Trinajstić information content (AvgIpc) is 2.68. The van der Waals surface area contributed by atoms with Gasteiger partial charge in [0.1, 0.15) is 0 Å². The van der Waals surface area contributed by atoms with Gasteiger partial charge in [0.2, 0.25) is 0 Å². The quantitative estimate of drug-likeness (QED) is 0.785. The molecule has 2 heterocycles. The topological polar surface area (TPSA) is 16.1 Å². The van der Waals surface area contributed by atoms with Gasteiger partial charge in [-0.25, -0.2) is 4.98 Å². The lowest BCUT2D eigenvalue weighted by atomic mass is 10.3. The number of halogens is 3. The Morgan fingerprint density at radius 1 is 1.33 bits per heavy atom. The minimum Gasteiger partial charge on any atom is -0.348 e. The molecule has 1 aliphatic heterocycles. The first-order chi connectivity index (χ1) is 7.04. The van der Waals surface area contributed by atoms with Crippen LogP contribution in [-0.2, 0) is 6.42 Å². The lowest BCUT2D eigenvalue weighted by Crippen LogP contribution is -2.17. The largest absolute Gasteiger partial charge is 0.394 e. The fourth-order valence-corrected chi connectivity index (χ4v) is 2.52. The number of alkyl halides is 3. The Morgan fingerprint density at radius 3 is 2.60 bits per heavy atom. The van der Waals surface area contributed by atoms with Gasteiger partial charge in [-0.15, -0.1) is 11.3 Å². The maximum absolute atomic E-state index is 12.1. The van der Waals surface area contributed by atoms with Crippen molar-refractivity contribution < 1.29 is 13.2 Å². The van der Waals surface area contributed by atoms with Gasteiger partial charge in [-0.3, -0.25) is 0 Å². The number of hydrogen-bond acceptors (Lipinski definition) is 3. The maximum Gasteiger partial charge on any atom is 0.394 e. The van der Waals surface area contributed by atoms with E-state index in [0.717, 1.165) is 31.1 Å². The van der Waals surface area contributed by atoms with Crippen molar-refractivity contribution in [1.29, 1.82) is 0 Å². The average molecular weight is 236 g/mol. The number of nitrogens with zero attached hydrogens (tertiary/aromatic N) is 2. The van der Waals surface area contributed by atoms with Crippen molar-refractivity contribution in [2.24, 2.45) is 0 Å². The number of aromatic nitrogens is 1. The third-order valence-corrected chi connectivity index (χ3v) is 3.25. The van der Waals surface area contributed by atoms with Crippen LogP contribution in [-0.4, -0.2) is 24.2 Å². The first kappa shape index (κ1) is 10.7. The van der Waals surface area contributed by atoms with Gasteiger partial charge in [0.15, 0.2) is 5.13 Å². The van der Waals surface area contributed by atoms with Crippen LogP contribution in [0.4, 0.5) is 18.3 Å². The zero-order chi connectivity index (χ0) is 10.9. The number of thiazole rings is 1. The van der Waals surface area contributed by atoms with Crippen molar-refractivity contribution in [2.45, 2.75) is 25.4 Å². The van der Waals surface area contributed by atoms with Crippen LogP contribution in [0.15, 0.2) is 5.38 Å². The van der Waals surface area contributed by atoms with Crippen LogP contribution in [0.3, 0.4) is 0 Å². The van der Waals surface area contributed by atoms with E-state index in [4.69, 9.17) is 0 Å². The highest BCUT2D eigenvalue weighted by molar-refractivity contribution is 7.13. The van der Waals surface area contributed by atoms with Crippen molar-refractivity contribution in [2.75, 3.05) is 18.0 Å². The van der Waals surface area contributed by atoms with E-state index in [9.17, 15) is 13.2 Å². The van der Waals surface area contributed by atoms with Crippen LogP contribution in [0.2, 0.25) is 0 Å². The van der Waals surface area contributed by atoms with Crippen molar-refractivity contribution in [3.05, 3.63) is 11.1 Å². The molecule has 0 bridgehead atoms. The molecule has 0 amide bonds. The standard InChI is InChI=1S/C9H11F3N2S/c10-9(11,12)5-7-6-15-8(13-7)14-3-1-2-4-14/h6H,1-5H2. The van der Waals surface area contributed by atoms with Gasteiger partial charge in [-0.1, -0.05) is 0 Å². The van der Waals surface area contributed by atoms with Crippen LogP contribution < -0.4 is 4.90 Å². The second-order valence-electron chi connectivity index (χ2n) is 3.61. The first-order valence-corrected chi connectivity index (χ1v) is 5.69. The molecule has 0 aliphatic carbocycles. The lowest BCUT2D eigenvalue weighted by Gasteiger charge is -2.12. The summed E-state index contributed by atoms with van der Waals surface area (Å²) >= 11 is 1.30. The van der Waals surface area contributed by atoms with Crippen molar-refractivity contribution in [1.82, 2.24) is 4.98 Å². The molecular formula is C9H11F3N2S. The summed E-state index contributed by atoms with van der Waals surface area (Å²) in [6, 6.07) is 0. The van der Waals surface area contributed by atoms with Crippen molar-refractivity contribution in [3.63, 3.8) is 0 Å². The smallest absolute Gasteiger partial charge is 0.348 e. The Hall–Kier alpha value is -0.780. The molecular weight excluding hydrogens is 225 g/mol. The second-order valence-corrected chi connectivity index (χ2v) is 4.44. The van der Waals surface area contributed by atoms with Gasteiger partial charge in [-0.2, -0.15) is 13.2 Å². The summed E-state index contributed by atoms with van der Waals surface area (Å²) in [5, 5.41) is 2.23. The SMILES string of the molecule is FC(F)(F)Cc1csc(N2CCCC2)n1. The van der Waals surface area contributed by atoms with Crippen LogP contribution >= 0.6 is 11.3 Å². The Bertz CT molecular complexity index is 328. The molecule has 6 heteroatoms. The highest BCUT2D eigenvalue weighted by atomic mass is 32.1. The molecule has 1 aromatic heterocycles. The van der Waals surface area contributed by atoms with Crippen LogP contribution in [0, 0.1) is 0 Å². The molecule has 0 N–H and O–H groups in total. The third kappa shape index (κ3) is 2.84. The zero-order valence-corrected chi connectivity index (χ0v) is 8.87. The summed E-state index contributed by atoms with van der Waals surface area (Å²) in [7, 11) is 0. The van der Waals surface area contributed by atoms with E-state index in [1.165, 1.54) is 16.7 Å². The van der Waals surface area contributed by atoms with E-state index in [-0.39, 0.29) is 5.69 Å².